The van der Waals surface area contributed by atoms with Gasteiger partial charge in [-0.2, -0.15) is 0 Å². The van der Waals surface area contributed by atoms with E-state index in [2.05, 4.69) is 30.8 Å². The molecule has 19 heteroatoms. The largest absolute Gasteiger partial charge is 0.374 e. The Balaban J connectivity index is 0.672. The van der Waals surface area contributed by atoms with E-state index in [0.29, 0.717) is 48.3 Å². The Kier molecular flexibility index (Phi) is 10.7. The second-order valence-electron chi connectivity index (χ2n) is 18.8. The Bertz CT molecular complexity index is 2820. The lowest BCUT2D eigenvalue weighted by atomic mass is 9.72. The van der Waals surface area contributed by atoms with E-state index in [9.17, 15) is 24.0 Å². The van der Waals surface area contributed by atoms with Crippen LogP contribution in [0.15, 0.2) is 72.5 Å². The zero-order valence-corrected chi connectivity index (χ0v) is 37.2. The molecule has 2 aromatic heterocycles. The zero-order chi connectivity index (χ0) is 46.2. The number of aryl methyl sites for hydroxylation is 1. The number of piperidine rings is 2. The highest BCUT2D eigenvalue weighted by Gasteiger charge is 2.53. The van der Waals surface area contributed by atoms with Gasteiger partial charge >= 0.3 is 0 Å². The molecule has 4 fully saturated rings. The van der Waals surface area contributed by atoms with Crippen LogP contribution in [0.4, 0.5) is 29.7 Å². The average Bonchev–Trinajstić information content (AvgIpc) is 4.10. The van der Waals surface area contributed by atoms with Crippen molar-refractivity contribution in [3.8, 4) is 11.1 Å². The van der Waals surface area contributed by atoms with E-state index in [0.717, 1.165) is 49.4 Å². The summed E-state index contributed by atoms with van der Waals surface area (Å²) < 4.78 is 49.4. The first-order chi connectivity index (χ1) is 32.3. The van der Waals surface area contributed by atoms with Crippen LogP contribution in [0.25, 0.3) is 11.1 Å². The Morgan fingerprint density at radius 2 is 1.70 bits per heavy atom. The number of likely N-dealkylation sites (tertiary alicyclic amines) is 2. The SMILES string of the molecule is O=C1CCC(Nc2ccc(C3(F)CCN(CC(=O)N4CC5(C4)CN(c4ccc(-c6cc(F)c7c(c6)C(=O)N(C(C(=O)Nc6nccs6)c6ncn8c6CCC8)C7)cc4)C5)CC3)c(F)c2)C(=O)N1. The third-order valence-electron chi connectivity index (χ3n) is 14.4. The standard InChI is InChI=1S/C48H47F3N10O5S/c49-35-19-29(18-32-33(35)21-61(45(32)66)42(44(65)56-46-52-13-17-67-46)41-38-2-1-14-58(38)27-53-41)28-3-6-31(7-4-28)59-23-47(24-59)25-60(26-47)40(63)22-57-15-11-48(51,12-16-57)34-8-5-30(20-36(34)50)54-37-9-10-39(62)55-43(37)64/h3-8,13,17-20,27,37,42,54H,1-2,9-12,14-16,21-26H2,(H,52,56,65)(H,55,62,64). The van der Waals surface area contributed by atoms with Crippen LogP contribution in [0.5, 0.6) is 0 Å². The lowest BCUT2D eigenvalue weighted by Crippen LogP contribution is -2.73. The molecule has 0 bridgehead atoms. The van der Waals surface area contributed by atoms with E-state index in [1.807, 2.05) is 38.6 Å². The first-order valence-corrected chi connectivity index (χ1v) is 23.5. The topological polar surface area (TPSA) is 165 Å². The van der Waals surface area contributed by atoms with Crippen LogP contribution in [0.3, 0.4) is 0 Å². The highest BCUT2D eigenvalue weighted by Crippen LogP contribution is 2.44. The molecule has 3 aromatic carbocycles. The summed E-state index contributed by atoms with van der Waals surface area (Å²) in [5.74, 6) is -2.97. The third kappa shape index (κ3) is 7.90. The van der Waals surface area contributed by atoms with Crippen molar-refractivity contribution in [1.82, 2.24) is 34.6 Å². The Labute approximate surface area is 387 Å². The summed E-state index contributed by atoms with van der Waals surface area (Å²) in [6, 6.07) is 13.3. The fourth-order valence-corrected chi connectivity index (χ4v) is 11.3. The third-order valence-corrected chi connectivity index (χ3v) is 15.0. The van der Waals surface area contributed by atoms with E-state index in [4.69, 9.17) is 0 Å². The van der Waals surface area contributed by atoms with Crippen molar-refractivity contribution in [1.29, 1.82) is 0 Å². The van der Waals surface area contributed by atoms with Crippen molar-refractivity contribution in [2.75, 3.05) is 61.3 Å². The van der Waals surface area contributed by atoms with Gasteiger partial charge < -0.3 is 24.6 Å². The molecule has 346 valence electrons. The Morgan fingerprint density at radius 1 is 0.910 bits per heavy atom. The number of amides is 5. The van der Waals surface area contributed by atoms with Gasteiger partial charge in [0.25, 0.3) is 11.8 Å². The van der Waals surface area contributed by atoms with E-state index in [1.54, 1.807) is 30.0 Å². The predicted octanol–water partition coefficient (Wildman–Crippen LogP) is 5.39. The molecule has 67 heavy (non-hydrogen) atoms. The molecule has 4 saturated heterocycles. The number of fused-ring (bicyclic) bond motifs is 2. The Hall–Kier alpha value is -6.60. The number of anilines is 3. The highest BCUT2D eigenvalue weighted by molar-refractivity contribution is 7.13. The number of halogens is 3. The van der Waals surface area contributed by atoms with Crippen LogP contribution < -0.4 is 20.9 Å². The van der Waals surface area contributed by atoms with E-state index < -0.39 is 47.1 Å². The van der Waals surface area contributed by atoms with Gasteiger partial charge in [-0.25, -0.2) is 23.1 Å². The summed E-state index contributed by atoms with van der Waals surface area (Å²) in [5.41, 5.74) is 2.50. The minimum absolute atomic E-state index is 0.0118. The molecule has 6 aliphatic rings. The highest BCUT2D eigenvalue weighted by atomic mass is 32.1. The molecule has 15 nitrogen and oxygen atoms in total. The quantitative estimate of drug-likeness (QED) is 0.146. The fraction of sp³-hybridized carbons (Fsp3) is 0.396. The average molecular weight is 933 g/mol. The lowest BCUT2D eigenvalue weighted by molar-refractivity contribution is -0.147. The summed E-state index contributed by atoms with van der Waals surface area (Å²) in [5, 5.41) is 10.2. The van der Waals surface area contributed by atoms with Crippen molar-refractivity contribution >= 4 is 57.4 Å². The number of rotatable bonds is 11. The van der Waals surface area contributed by atoms with Gasteiger partial charge in [-0.1, -0.05) is 18.2 Å². The van der Waals surface area contributed by atoms with Gasteiger partial charge in [-0.05, 0) is 79.6 Å². The number of carbonyl (C=O) groups is 5. The van der Waals surface area contributed by atoms with Gasteiger partial charge in [-0.3, -0.25) is 39.5 Å². The van der Waals surface area contributed by atoms with Gasteiger partial charge in [0.05, 0.1) is 25.1 Å². The molecular weight excluding hydrogens is 886 g/mol. The molecule has 1 spiro atoms. The summed E-state index contributed by atoms with van der Waals surface area (Å²) in [7, 11) is 0. The number of nitrogens with zero attached hydrogens (tertiary/aromatic N) is 7. The smallest absolute Gasteiger partial charge is 0.255 e. The molecule has 5 aromatic rings. The van der Waals surface area contributed by atoms with Gasteiger partial charge in [0.15, 0.2) is 11.2 Å². The van der Waals surface area contributed by atoms with Crippen LogP contribution in [-0.4, -0.2) is 111 Å². The molecule has 5 amide bonds. The first kappa shape index (κ1) is 43.0. The van der Waals surface area contributed by atoms with Crippen LogP contribution in [-0.2, 0) is 44.4 Å². The molecule has 0 radical (unpaired) electrons. The predicted molar refractivity (Wildman–Crippen MR) is 242 cm³/mol. The molecule has 2 atom stereocenters. The van der Waals surface area contributed by atoms with Crippen molar-refractivity contribution in [3.63, 3.8) is 0 Å². The van der Waals surface area contributed by atoms with E-state index in [-0.39, 0.29) is 72.7 Å². The molecule has 6 aliphatic heterocycles. The molecule has 11 rings (SSSR count). The molecule has 2 unspecified atom stereocenters. The number of carbonyl (C=O) groups excluding carboxylic acids is 5. The molecule has 0 aliphatic carbocycles. The number of imide groups is 1. The Morgan fingerprint density at radius 3 is 2.43 bits per heavy atom. The number of imidazole rings is 1. The first-order valence-electron chi connectivity index (χ1n) is 22.6. The van der Waals surface area contributed by atoms with Crippen molar-refractivity contribution < 1.29 is 37.1 Å². The van der Waals surface area contributed by atoms with Crippen molar-refractivity contribution in [2.45, 2.75) is 69.4 Å². The molecule has 8 heterocycles. The van der Waals surface area contributed by atoms with Gasteiger partial charge in [0, 0.05) is 103 Å². The molecular formula is C48H47F3N10O5S. The van der Waals surface area contributed by atoms with Crippen molar-refractivity contribution in [3.05, 3.63) is 112 Å². The normalized spacial score (nSPS) is 21.1. The fourth-order valence-electron chi connectivity index (χ4n) is 10.7. The van der Waals surface area contributed by atoms with Crippen LogP contribution >= 0.6 is 11.3 Å². The molecule has 0 saturated carbocycles. The van der Waals surface area contributed by atoms with Gasteiger partial charge in [0.2, 0.25) is 17.7 Å². The molecule has 3 N–H and O–H groups in total. The summed E-state index contributed by atoms with van der Waals surface area (Å²) in [4.78, 5) is 81.0. The number of thiazole rings is 1. The second kappa shape index (κ2) is 16.6. The van der Waals surface area contributed by atoms with Gasteiger partial charge in [0.1, 0.15) is 23.3 Å². The maximum Gasteiger partial charge on any atom is 0.255 e. The number of alkyl halides is 1. The van der Waals surface area contributed by atoms with Gasteiger partial charge in [-0.15, -0.1) is 11.3 Å². The number of nitrogens with one attached hydrogen (secondary N) is 3. The number of hydrogen-bond donors (Lipinski definition) is 3. The number of benzene rings is 3. The number of aromatic nitrogens is 3. The summed E-state index contributed by atoms with van der Waals surface area (Å²) >= 11 is 1.27. The zero-order valence-electron chi connectivity index (χ0n) is 36.4. The van der Waals surface area contributed by atoms with Crippen LogP contribution in [0.2, 0.25) is 0 Å². The summed E-state index contributed by atoms with van der Waals surface area (Å²) in [6.07, 6.45) is 5.45. The lowest BCUT2D eigenvalue weighted by Gasteiger charge is -2.61. The minimum Gasteiger partial charge on any atom is -0.374 e. The summed E-state index contributed by atoms with van der Waals surface area (Å²) in [6.45, 7) is 4.26. The van der Waals surface area contributed by atoms with Crippen LogP contribution in [0.1, 0.15) is 71.0 Å². The monoisotopic (exact) mass is 932 g/mol. The van der Waals surface area contributed by atoms with Crippen LogP contribution in [0, 0.1) is 17.0 Å². The minimum atomic E-state index is -1.89. The number of hydrogen-bond acceptors (Lipinski definition) is 11. The van der Waals surface area contributed by atoms with E-state index in [1.165, 1.54) is 34.4 Å². The second-order valence-corrected chi connectivity index (χ2v) is 19.7. The van der Waals surface area contributed by atoms with E-state index >= 15 is 13.2 Å². The maximum absolute atomic E-state index is 16.2. The maximum atomic E-state index is 16.2. The van der Waals surface area contributed by atoms with Crippen molar-refractivity contribution in [2.24, 2.45) is 5.41 Å².